The maximum atomic E-state index is 6.37. The summed E-state index contributed by atoms with van der Waals surface area (Å²) in [5, 5.41) is 5.94. The quantitative estimate of drug-likeness (QED) is 0.378. The van der Waals surface area contributed by atoms with Crippen LogP contribution in [0.3, 0.4) is 0 Å². The predicted molar refractivity (Wildman–Crippen MR) is 113 cm³/mol. The van der Waals surface area contributed by atoms with E-state index in [-0.39, 0.29) is 6.61 Å². The number of benzene rings is 2. The SMILES string of the molecule is C#Cc1c(Cl)cc(OCc2c(-c3c(Cl)cccc3Cl)noc2C2CC2)cc1Cl. The molecule has 0 aliphatic heterocycles. The van der Waals surface area contributed by atoms with Crippen LogP contribution in [0.1, 0.15) is 35.6 Å². The summed E-state index contributed by atoms with van der Waals surface area (Å²) in [6.07, 6.45) is 7.52. The second-order valence-corrected chi connectivity index (χ2v) is 8.07. The van der Waals surface area contributed by atoms with Crippen molar-refractivity contribution in [2.45, 2.75) is 25.4 Å². The standard InChI is InChI=1S/C21H13Cl4NO2/c1-2-13-17(24)8-12(9-18(13)25)27-10-14-20(26-28-21(14)11-6-7-11)19-15(22)4-3-5-16(19)23/h1,3-5,8-9,11H,6-7,10H2. The van der Waals surface area contributed by atoms with Gasteiger partial charge in [0, 0.05) is 23.6 Å². The Hall–Kier alpha value is -1.83. The van der Waals surface area contributed by atoms with Gasteiger partial charge in [0.25, 0.3) is 0 Å². The average Bonchev–Trinajstić information content (AvgIpc) is 3.41. The molecular formula is C21H13Cl4NO2. The second kappa shape index (κ2) is 7.89. The molecule has 3 aromatic rings. The van der Waals surface area contributed by atoms with Crippen molar-refractivity contribution in [2.24, 2.45) is 0 Å². The van der Waals surface area contributed by atoms with Crippen LogP contribution >= 0.6 is 46.4 Å². The monoisotopic (exact) mass is 451 g/mol. The molecule has 1 aliphatic rings. The lowest BCUT2D eigenvalue weighted by Gasteiger charge is -2.11. The van der Waals surface area contributed by atoms with E-state index in [0.717, 1.165) is 24.2 Å². The Morgan fingerprint density at radius 2 is 1.71 bits per heavy atom. The molecule has 2 aromatic carbocycles. The Morgan fingerprint density at radius 3 is 2.29 bits per heavy atom. The van der Waals surface area contributed by atoms with Gasteiger partial charge < -0.3 is 9.26 Å². The predicted octanol–water partition coefficient (Wildman–Crippen LogP) is 7.39. The van der Waals surface area contributed by atoms with E-state index in [9.17, 15) is 0 Å². The van der Waals surface area contributed by atoms with E-state index in [1.807, 2.05) is 0 Å². The summed E-state index contributed by atoms with van der Waals surface area (Å²) < 4.78 is 11.6. The number of hydrogen-bond acceptors (Lipinski definition) is 3. The molecule has 1 fully saturated rings. The van der Waals surface area contributed by atoms with E-state index in [4.69, 9.17) is 62.1 Å². The summed E-state index contributed by atoms with van der Waals surface area (Å²) >= 11 is 25.1. The Morgan fingerprint density at radius 1 is 1.07 bits per heavy atom. The number of hydrogen-bond donors (Lipinski definition) is 0. The van der Waals surface area contributed by atoms with Crippen LogP contribution in [0.15, 0.2) is 34.9 Å². The molecule has 0 N–H and O–H groups in total. The van der Waals surface area contributed by atoms with Crippen molar-refractivity contribution in [2.75, 3.05) is 0 Å². The highest BCUT2D eigenvalue weighted by Crippen LogP contribution is 2.46. The first kappa shape index (κ1) is 19.5. The Balaban J connectivity index is 1.70. The van der Waals surface area contributed by atoms with Crippen molar-refractivity contribution in [1.29, 1.82) is 0 Å². The Bertz CT molecular complexity index is 1050. The van der Waals surface area contributed by atoms with Gasteiger partial charge in [-0.3, -0.25) is 0 Å². The van der Waals surface area contributed by atoms with Crippen LogP contribution in [0.2, 0.25) is 20.1 Å². The van der Waals surface area contributed by atoms with E-state index in [0.29, 0.717) is 48.6 Å². The van der Waals surface area contributed by atoms with Crippen molar-refractivity contribution in [1.82, 2.24) is 5.16 Å². The topological polar surface area (TPSA) is 35.3 Å². The summed E-state index contributed by atoms with van der Waals surface area (Å²) in [6.45, 7) is 0.203. The molecule has 0 saturated heterocycles. The van der Waals surface area contributed by atoms with E-state index < -0.39 is 0 Å². The molecular weight excluding hydrogens is 440 g/mol. The fourth-order valence-electron chi connectivity index (χ4n) is 2.97. The van der Waals surface area contributed by atoms with Crippen molar-refractivity contribution in [3.8, 4) is 29.4 Å². The number of halogens is 4. The highest BCUT2D eigenvalue weighted by molar-refractivity contribution is 6.39. The first-order valence-electron chi connectivity index (χ1n) is 8.51. The largest absolute Gasteiger partial charge is 0.489 e. The lowest BCUT2D eigenvalue weighted by Crippen LogP contribution is -2.00. The van der Waals surface area contributed by atoms with Crippen LogP contribution in [-0.2, 0) is 6.61 Å². The minimum Gasteiger partial charge on any atom is -0.489 e. The number of ether oxygens (including phenoxy) is 1. The number of rotatable bonds is 5. The average molecular weight is 453 g/mol. The van der Waals surface area contributed by atoms with Crippen LogP contribution < -0.4 is 4.74 Å². The van der Waals surface area contributed by atoms with Gasteiger partial charge in [0.1, 0.15) is 23.8 Å². The molecule has 0 radical (unpaired) electrons. The summed E-state index contributed by atoms with van der Waals surface area (Å²) in [7, 11) is 0. The zero-order valence-electron chi connectivity index (χ0n) is 14.4. The van der Waals surface area contributed by atoms with Gasteiger partial charge in [0.15, 0.2) is 0 Å². The lowest BCUT2D eigenvalue weighted by molar-refractivity contribution is 0.300. The minimum absolute atomic E-state index is 0.203. The maximum Gasteiger partial charge on any atom is 0.147 e. The van der Waals surface area contributed by atoms with Gasteiger partial charge in [0.05, 0.1) is 31.2 Å². The zero-order chi connectivity index (χ0) is 19.8. The van der Waals surface area contributed by atoms with Crippen LogP contribution in [0.25, 0.3) is 11.3 Å². The molecule has 142 valence electrons. The Labute approximate surface area is 182 Å². The lowest BCUT2D eigenvalue weighted by atomic mass is 10.0. The van der Waals surface area contributed by atoms with Crippen LogP contribution in [-0.4, -0.2) is 5.16 Å². The van der Waals surface area contributed by atoms with Crippen molar-refractivity contribution in [3.63, 3.8) is 0 Å². The molecule has 1 saturated carbocycles. The third-order valence-corrected chi connectivity index (χ3v) is 5.74. The number of aromatic nitrogens is 1. The van der Waals surface area contributed by atoms with Crippen LogP contribution in [0.4, 0.5) is 0 Å². The molecule has 0 atom stereocenters. The van der Waals surface area contributed by atoms with Crippen molar-refractivity contribution in [3.05, 3.63) is 67.3 Å². The molecule has 0 spiro atoms. The van der Waals surface area contributed by atoms with Gasteiger partial charge in [-0.1, -0.05) is 63.5 Å². The molecule has 0 bridgehead atoms. The van der Waals surface area contributed by atoms with Gasteiger partial charge in [-0.25, -0.2) is 0 Å². The van der Waals surface area contributed by atoms with Gasteiger partial charge >= 0.3 is 0 Å². The van der Waals surface area contributed by atoms with E-state index in [1.54, 1.807) is 30.3 Å². The first-order valence-corrected chi connectivity index (χ1v) is 10.0. The van der Waals surface area contributed by atoms with Gasteiger partial charge in [0.2, 0.25) is 0 Å². The number of nitrogens with zero attached hydrogens (tertiary/aromatic N) is 1. The molecule has 1 aliphatic carbocycles. The maximum absolute atomic E-state index is 6.37. The normalized spacial score (nSPS) is 13.4. The third kappa shape index (κ3) is 3.71. The van der Waals surface area contributed by atoms with E-state index in [2.05, 4.69) is 11.1 Å². The third-order valence-electron chi connectivity index (χ3n) is 4.51. The minimum atomic E-state index is 0.203. The fourth-order valence-corrected chi connectivity index (χ4v) is 4.13. The van der Waals surface area contributed by atoms with E-state index >= 15 is 0 Å². The molecule has 1 aromatic heterocycles. The van der Waals surface area contributed by atoms with Crippen molar-refractivity contribution >= 4 is 46.4 Å². The number of terminal acetylenes is 1. The van der Waals surface area contributed by atoms with Gasteiger partial charge in [-0.05, 0) is 25.0 Å². The van der Waals surface area contributed by atoms with E-state index in [1.165, 1.54) is 0 Å². The summed E-state index contributed by atoms with van der Waals surface area (Å²) in [5.74, 6) is 4.08. The first-order chi connectivity index (χ1) is 13.5. The summed E-state index contributed by atoms with van der Waals surface area (Å²) in [4.78, 5) is 0. The molecule has 28 heavy (non-hydrogen) atoms. The van der Waals surface area contributed by atoms with Crippen LogP contribution in [0.5, 0.6) is 5.75 Å². The molecule has 3 nitrogen and oxygen atoms in total. The summed E-state index contributed by atoms with van der Waals surface area (Å²) in [5.41, 5.74) is 2.45. The molecule has 0 unspecified atom stereocenters. The second-order valence-electron chi connectivity index (χ2n) is 6.44. The highest BCUT2D eigenvalue weighted by atomic mass is 35.5. The van der Waals surface area contributed by atoms with Gasteiger partial charge in [-0.2, -0.15) is 0 Å². The molecule has 4 rings (SSSR count). The smallest absolute Gasteiger partial charge is 0.147 e. The molecule has 1 heterocycles. The van der Waals surface area contributed by atoms with Gasteiger partial charge in [-0.15, -0.1) is 6.42 Å². The zero-order valence-corrected chi connectivity index (χ0v) is 17.5. The summed E-state index contributed by atoms with van der Waals surface area (Å²) in [6, 6.07) is 8.57. The molecule has 7 heteroatoms. The highest BCUT2D eigenvalue weighted by Gasteiger charge is 2.33. The Kier molecular flexibility index (Phi) is 5.49. The fraction of sp³-hybridized carbons (Fsp3) is 0.190. The van der Waals surface area contributed by atoms with Crippen molar-refractivity contribution < 1.29 is 9.26 Å². The molecule has 0 amide bonds. The van der Waals surface area contributed by atoms with Crippen LogP contribution in [0, 0.1) is 12.3 Å².